The van der Waals surface area contributed by atoms with Gasteiger partial charge in [0.1, 0.15) is 0 Å². The average molecular weight is 334 g/mol. The number of nitrogens with one attached hydrogen (secondary N) is 2. The van der Waals surface area contributed by atoms with Crippen LogP contribution in [0.15, 0.2) is 23.2 Å². The lowest BCUT2D eigenvalue weighted by Crippen LogP contribution is -2.47. The third kappa shape index (κ3) is 4.77. The molecule has 0 aromatic heterocycles. The normalized spacial score (nSPS) is 19.0. The summed E-state index contributed by atoms with van der Waals surface area (Å²) in [7, 11) is 5.06. The Hall–Kier alpha value is -1.95. The minimum atomic E-state index is 0.577. The zero-order chi connectivity index (χ0) is 17.4. The van der Waals surface area contributed by atoms with E-state index in [4.69, 9.17) is 9.47 Å². The monoisotopic (exact) mass is 334 g/mol. The first-order valence-electron chi connectivity index (χ1n) is 8.65. The zero-order valence-corrected chi connectivity index (χ0v) is 15.3. The van der Waals surface area contributed by atoms with Crippen LogP contribution in [0.25, 0.3) is 0 Å². The van der Waals surface area contributed by atoms with Gasteiger partial charge in [0.2, 0.25) is 0 Å². The summed E-state index contributed by atoms with van der Waals surface area (Å²) in [6.45, 7) is 5.44. The molecule has 0 spiro atoms. The molecule has 6 nitrogen and oxygen atoms in total. The van der Waals surface area contributed by atoms with E-state index in [1.54, 1.807) is 21.3 Å². The van der Waals surface area contributed by atoms with Gasteiger partial charge in [-0.1, -0.05) is 13.3 Å². The molecule has 1 aromatic rings. The summed E-state index contributed by atoms with van der Waals surface area (Å²) in [5, 5.41) is 6.76. The largest absolute Gasteiger partial charge is 0.493 e. The molecule has 0 saturated carbocycles. The molecule has 1 saturated heterocycles. The van der Waals surface area contributed by atoms with E-state index in [0.29, 0.717) is 17.5 Å². The van der Waals surface area contributed by atoms with Crippen LogP contribution < -0.4 is 20.1 Å². The number of hydrogen-bond donors (Lipinski definition) is 2. The minimum Gasteiger partial charge on any atom is -0.493 e. The van der Waals surface area contributed by atoms with Gasteiger partial charge in [0.15, 0.2) is 17.5 Å². The van der Waals surface area contributed by atoms with Gasteiger partial charge < -0.3 is 20.1 Å². The topological polar surface area (TPSA) is 58.1 Å². The Bertz CT molecular complexity index is 548. The Morgan fingerprint density at radius 2 is 2.04 bits per heavy atom. The number of nitrogens with zero attached hydrogens (tertiary/aromatic N) is 2. The van der Waals surface area contributed by atoms with Gasteiger partial charge in [-0.05, 0) is 38.1 Å². The van der Waals surface area contributed by atoms with E-state index in [-0.39, 0.29) is 0 Å². The number of likely N-dealkylation sites (tertiary alicyclic amines) is 1. The van der Waals surface area contributed by atoms with Crippen LogP contribution in [0.1, 0.15) is 26.2 Å². The van der Waals surface area contributed by atoms with E-state index in [2.05, 4.69) is 27.4 Å². The van der Waals surface area contributed by atoms with Crippen molar-refractivity contribution >= 4 is 11.6 Å². The average Bonchev–Trinajstić information content (AvgIpc) is 2.65. The van der Waals surface area contributed by atoms with Crippen molar-refractivity contribution in [3.8, 4) is 11.5 Å². The molecule has 1 aliphatic rings. The van der Waals surface area contributed by atoms with E-state index < -0.39 is 0 Å². The fraction of sp³-hybridized carbons (Fsp3) is 0.611. The van der Waals surface area contributed by atoms with Gasteiger partial charge in [-0.2, -0.15) is 0 Å². The lowest BCUT2D eigenvalue weighted by Gasteiger charge is -2.35. The number of methoxy groups -OCH3 is 2. The molecule has 1 heterocycles. The molecule has 0 bridgehead atoms. The minimum absolute atomic E-state index is 0.577. The molecule has 0 radical (unpaired) electrons. The van der Waals surface area contributed by atoms with Crippen molar-refractivity contribution in [2.45, 2.75) is 32.2 Å². The maximum Gasteiger partial charge on any atom is 0.195 e. The summed E-state index contributed by atoms with van der Waals surface area (Å²) in [6.07, 6.45) is 3.86. The lowest BCUT2D eigenvalue weighted by atomic mass is 10.0. The smallest absolute Gasteiger partial charge is 0.195 e. The molecule has 2 rings (SSSR count). The summed E-state index contributed by atoms with van der Waals surface area (Å²) in [5.41, 5.74) is 0.914. The van der Waals surface area contributed by atoms with E-state index in [1.807, 2.05) is 18.2 Å². The predicted octanol–water partition coefficient (Wildman–Crippen LogP) is 2.57. The van der Waals surface area contributed by atoms with Crippen LogP contribution in [0, 0.1) is 0 Å². The quantitative estimate of drug-likeness (QED) is 0.618. The lowest BCUT2D eigenvalue weighted by molar-refractivity contribution is 0.157. The third-order valence-corrected chi connectivity index (χ3v) is 4.53. The Balaban J connectivity index is 1.95. The number of piperidine rings is 1. The molecule has 1 aliphatic heterocycles. The summed E-state index contributed by atoms with van der Waals surface area (Å²) >= 11 is 0. The first-order chi connectivity index (χ1) is 11.7. The van der Waals surface area contributed by atoms with Gasteiger partial charge in [0, 0.05) is 31.4 Å². The second-order valence-electron chi connectivity index (χ2n) is 5.93. The molecular formula is C18H30N4O2. The number of anilines is 1. The molecule has 1 unspecified atom stereocenters. The van der Waals surface area contributed by atoms with E-state index >= 15 is 0 Å². The zero-order valence-electron chi connectivity index (χ0n) is 15.3. The highest BCUT2D eigenvalue weighted by Crippen LogP contribution is 2.29. The Morgan fingerprint density at radius 3 is 2.71 bits per heavy atom. The fourth-order valence-corrected chi connectivity index (χ4v) is 3.15. The molecule has 1 atom stereocenters. The maximum atomic E-state index is 5.34. The first kappa shape index (κ1) is 18.4. The van der Waals surface area contributed by atoms with Gasteiger partial charge in [-0.15, -0.1) is 0 Å². The highest BCUT2D eigenvalue weighted by atomic mass is 16.5. The van der Waals surface area contributed by atoms with Crippen LogP contribution >= 0.6 is 0 Å². The van der Waals surface area contributed by atoms with Crippen molar-refractivity contribution in [1.29, 1.82) is 0 Å². The second kappa shape index (κ2) is 9.37. The van der Waals surface area contributed by atoms with Crippen LogP contribution in [-0.4, -0.2) is 57.8 Å². The number of ether oxygens (including phenoxy) is 2. The molecule has 0 aliphatic carbocycles. The molecular weight excluding hydrogens is 304 g/mol. The van der Waals surface area contributed by atoms with Gasteiger partial charge in [0.25, 0.3) is 0 Å². The number of likely N-dealkylation sites (N-methyl/N-ethyl adjacent to an activating group) is 1. The Kier molecular flexibility index (Phi) is 7.18. The Morgan fingerprint density at radius 1 is 1.25 bits per heavy atom. The summed E-state index contributed by atoms with van der Waals surface area (Å²) in [4.78, 5) is 6.86. The highest BCUT2D eigenvalue weighted by molar-refractivity contribution is 5.93. The van der Waals surface area contributed by atoms with E-state index in [0.717, 1.165) is 24.7 Å². The third-order valence-electron chi connectivity index (χ3n) is 4.53. The van der Waals surface area contributed by atoms with Crippen molar-refractivity contribution in [3.05, 3.63) is 18.2 Å². The maximum absolute atomic E-state index is 5.34. The molecule has 24 heavy (non-hydrogen) atoms. The second-order valence-corrected chi connectivity index (χ2v) is 5.93. The highest BCUT2D eigenvalue weighted by Gasteiger charge is 2.20. The van der Waals surface area contributed by atoms with Gasteiger partial charge in [-0.25, -0.2) is 0 Å². The van der Waals surface area contributed by atoms with Gasteiger partial charge in [-0.3, -0.25) is 9.89 Å². The number of benzene rings is 1. The number of aliphatic imine (C=N–C) groups is 1. The van der Waals surface area contributed by atoms with Crippen LogP contribution in [0.3, 0.4) is 0 Å². The van der Waals surface area contributed by atoms with Crippen molar-refractivity contribution < 1.29 is 9.47 Å². The first-order valence-corrected chi connectivity index (χ1v) is 8.65. The summed E-state index contributed by atoms with van der Waals surface area (Å²) in [6, 6.07) is 6.32. The van der Waals surface area contributed by atoms with Crippen molar-refractivity contribution in [1.82, 2.24) is 10.2 Å². The predicted molar refractivity (Wildman–Crippen MR) is 99.4 cm³/mol. The van der Waals surface area contributed by atoms with Crippen LogP contribution in [0.2, 0.25) is 0 Å². The van der Waals surface area contributed by atoms with Crippen molar-refractivity contribution in [2.24, 2.45) is 4.99 Å². The standard InChI is InChI=1S/C18H30N4O2/c1-5-22-11-7-6-8-15(22)13-20-18(19-2)21-14-9-10-16(23-3)17(12-14)24-4/h9-10,12,15H,5-8,11,13H2,1-4H3,(H2,19,20,21). The van der Waals surface area contributed by atoms with Crippen LogP contribution in [0.4, 0.5) is 5.69 Å². The van der Waals surface area contributed by atoms with Crippen molar-refractivity contribution in [3.63, 3.8) is 0 Å². The van der Waals surface area contributed by atoms with Crippen LogP contribution in [-0.2, 0) is 0 Å². The van der Waals surface area contributed by atoms with Gasteiger partial charge >= 0.3 is 0 Å². The Labute approximate surface area is 145 Å². The van der Waals surface area contributed by atoms with E-state index in [9.17, 15) is 0 Å². The number of hydrogen-bond acceptors (Lipinski definition) is 4. The van der Waals surface area contributed by atoms with Crippen molar-refractivity contribution in [2.75, 3.05) is 46.2 Å². The van der Waals surface area contributed by atoms with E-state index in [1.165, 1.54) is 25.8 Å². The molecule has 1 fully saturated rings. The van der Waals surface area contributed by atoms with Gasteiger partial charge in [0.05, 0.1) is 14.2 Å². The molecule has 134 valence electrons. The molecule has 1 aromatic carbocycles. The fourth-order valence-electron chi connectivity index (χ4n) is 3.15. The molecule has 0 amide bonds. The summed E-state index contributed by atoms with van der Waals surface area (Å²) < 4.78 is 10.6. The summed E-state index contributed by atoms with van der Waals surface area (Å²) in [5.74, 6) is 2.18. The molecule has 2 N–H and O–H groups in total. The SMILES string of the molecule is CCN1CCCCC1CNC(=NC)Nc1ccc(OC)c(OC)c1. The molecule has 6 heteroatoms. The van der Waals surface area contributed by atoms with Crippen LogP contribution in [0.5, 0.6) is 11.5 Å². The number of guanidine groups is 1. The number of rotatable bonds is 6.